The zero-order valence-corrected chi connectivity index (χ0v) is 18.9. The van der Waals surface area contributed by atoms with Crippen LogP contribution in [0.4, 0.5) is 0 Å². The fourth-order valence-corrected chi connectivity index (χ4v) is 4.94. The molecule has 29 heavy (non-hydrogen) atoms. The number of nitrogens with one attached hydrogen (secondary N) is 1. The van der Waals surface area contributed by atoms with Gasteiger partial charge in [0.05, 0.1) is 16.0 Å². The Hall–Kier alpha value is -1.97. The molecule has 0 saturated heterocycles. The van der Waals surface area contributed by atoms with Gasteiger partial charge in [0, 0.05) is 15.2 Å². The second kappa shape index (κ2) is 9.23. The summed E-state index contributed by atoms with van der Waals surface area (Å²) in [5.41, 5.74) is 1.41. The maximum absolute atomic E-state index is 13.1. The monoisotopic (exact) mass is 508 g/mol. The zero-order chi connectivity index (χ0) is 19.7. The van der Waals surface area contributed by atoms with Crippen LogP contribution >= 0.6 is 50.6 Å². The molecule has 1 atom stereocenters. The lowest BCUT2D eigenvalue weighted by Gasteiger charge is -2.23. The van der Waals surface area contributed by atoms with Crippen LogP contribution in [0.3, 0.4) is 0 Å². The van der Waals surface area contributed by atoms with Gasteiger partial charge in [-0.1, -0.05) is 63.6 Å². The molecule has 2 aromatic carbocycles. The van der Waals surface area contributed by atoms with Crippen LogP contribution in [0, 0.1) is 0 Å². The first-order chi connectivity index (χ1) is 13.5. The number of hydrogen-bond donors (Lipinski definition) is 2. The number of nitrogens with zero attached hydrogens (tertiary/aromatic N) is 1. The van der Waals surface area contributed by atoms with Crippen LogP contribution in [0.1, 0.15) is 17.2 Å². The van der Waals surface area contributed by atoms with E-state index >= 15 is 0 Å². The van der Waals surface area contributed by atoms with Crippen molar-refractivity contribution in [3.05, 3.63) is 96.3 Å². The van der Waals surface area contributed by atoms with E-state index < -0.39 is 11.6 Å². The number of thiophene rings is 1. The van der Waals surface area contributed by atoms with Crippen LogP contribution in [-0.2, 0) is 0 Å². The molecule has 0 aliphatic carbocycles. The van der Waals surface area contributed by atoms with Gasteiger partial charge in [0.2, 0.25) is 0 Å². The Morgan fingerprint density at radius 2 is 1.83 bits per heavy atom. The number of aromatic nitrogens is 2. The minimum Gasteiger partial charge on any atom is -0.858 e. The Balaban J connectivity index is 0.00000240. The first kappa shape index (κ1) is 21.7. The molecule has 0 amide bonds. The lowest BCUT2D eigenvalue weighted by atomic mass is 10.0. The smallest absolute Gasteiger partial charge is 0.277 e. The molecule has 2 aromatic heterocycles. The molecule has 0 saturated carbocycles. The van der Waals surface area contributed by atoms with Crippen molar-refractivity contribution in [1.82, 2.24) is 15.9 Å². The van der Waals surface area contributed by atoms with Gasteiger partial charge in [0.1, 0.15) is 0 Å². The van der Waals surface area contributed by atoms with Crippen LogP contribution in [0.5, 0.6) is 5.88 Å². The third kappa shape index (κ3) is 4.46. The summed E-state index contributed by atoms with van der Waals surface area (Å²) >= 11 is 12.3. The molecule has 2 heterocycles. The molecule has 1 unspecified atom stereocenters. The Morgan fingerprint density at radius 1 is 1.10 bits per heavy atom. The Bertz CT molecular complexity index is 1160. The van der Waals surface area contributed by atoms with E-state index in [2.05, 4.69) is 21.0 Å². The molecular weight excluding hydrogens is 494 g/mol. The molecule has 0 radical (unpaired) electrons. The van der Waals surface area contributed by atoms with Crippen LogP contribution in [0.2, 0.25) is 5.02 Å². The summed E-state index contributed by atoms with van der Waals surface area (Å²) in [5.74, 6) is -0.367. The van der Waals surface area contributed by atoms with Crippen molar-refractivity contribution in [3.63, 3.8) is 0 Å². The van der Waals surface area contributed by atoms with E-state index in [4.69, 9.17) is 11.6 Å². The van der Waals surface area contributed by atoms with Crippen molar-refractivity contribution in [1.29, 1.82) is 0 Å². The van der Waals surface area contributed by atoms with Crippen molar-refractivity contribution in [2.75, 3.05) is 0 Å². The highest BCUT2D eigenvalue weighted by Crippen LogP contribution is 2.38. The fraction of sp³-hybridized carbons (Fsp3) is 0.0500. The highest BCUT2D eigenvalue weighted by Gasteiger charge is 2.21. The predicted octanol–water partition coefficient (Wildman–Crippen LogP) is 5.68. The van der Waals surface area contributed by atoms with Gasteiger partial charge in [0.25, 0.3) is 5.56 Å². The summed E-state index contributed by atoms with van der Waals surface area (Å²) in [5, 5.41) is 20.3. The summed E-state index contributed by atoms with van der Waals surface area (Å²) in [6.45, 7) is 0. The van der Waals surface area contributed by atoms with Gasteiger partial charge >= 0.3 is 0 Å². The third-order valence-electron chi connectivity index (χ3n) is 4.19. The van der Waals surface area contributed by atoms with Gasteiger partial charge in [-0.3, -0.25) is 14.6 Å². The molecule has 4 aromatic rings. The Labute approximate surface area is 189 Å². The molecule has 0 spiro atoms. The van der Waals surface area contributed by atoms with Gasteiger partial charge in [-0.05, 0) is 52.2 Å². The molecular formula is C20H16BrClN3O2S2-. The number of hydrogen-bond acceptors (Lipinski definition) is 5. The molecule has 5 nitrogen and oxygen atoms in total. The average molecular weight is 510 g/mol. The number of H-pyrrole nitrogens is 1. The number of halogens is 2. The molecule has 0 aliphatic heterocycles. The lowest BCUT2D eigenvalue weighted by molar-refractivity contribution is -0.284. The standard InChI is InChI=1S/C20H14BrClN2O2S2.H3N/c21-14-7-5-12(6-8-14)17(13-9-10-27-11-13)24-20(26)18(19(25)23-24)28-16-4-2-1-3-15(16)22;/h1-11,17,26H,(H,23,25);1H3/p-1. The summed E-state index contributed by atoms with van der Waals surface area (Å²) in [4.78, 5) is 13.4. The van der Waals surface area contributed by atoms with E-state index in [1.807, 2.05) is 47.2 Å². The normalized spacial score (nSPS) is 11.8. The molecule has 0 fully saturated rings. The van der Waals surface area contributed by atoms with Gasteiger partial charge in [0.15, 0.2) is 0 Å². The second-order valence-electron chi connectivity index (χ2n) is 5.99. The highest BCUT2D eigenvalue weighted by atomic mass is 79.9. The molecule has 0 bridgehead atoms. The summed E-state index contributed by atoms with van der Waals surface area (Å²) in [6.07, 6.45) is 0. The van der Waals surface area contributed by atoms with Crippen LogP contribution < -0.4 is 16.8 Å². The van der Waals surface area contributed by atoms with Crippen LogP contribution in [0.25, 0.3) is 0 Å². The van der Waals surface area contributed by atoms with E-state index in [9.17, 15) is 9.90 Å². The topological polar surface area (TPSA) is 95.8 Å². The fourth-order valence-electron chi connectivity index (χ4n) is 2.89. The summed E-state index contributed by atoms with van der Waals surface area (Å²) in [6, 6.07) is 16.4. The minimum absolute atomic E-state index is 0. The van der Waals surface area contributed by atoms with E-state index in [-0.39, 0.29) is 16.9 Å². The van der Waals surface area contributed by atoms with Crippen LogP contribution in [-0.4, -0.2) is 9.78 Å². The average Bonchev–Trinajstić information content (AvgIpc) is 3.30. The van der Waals surface area contributed by atoms with Crippen molar-refractivity contribution < 1.29 is 5.11 Å². The first-order valence-electron chi connectivity index (χ1n) is 8.26. The summed E-state index contributed by atoms with van der Waals surface area (Å²) in [7, 11) is 0. The summed E-state index contributed by atoms with van der Waals surface area (Å²) < 4.78 is 2.34. The van der Waals surface area contributed by atoms with Gasteiger partial charge in [-0.2, -0.15) is 11.3 Å². The van der Waals surface area contributed by atoms with E-state index in [1.165, 1.54) is 4.68 Å². The predicted molar refractivity (Wildman–Crippen MR) is 121 cm³/mol. The maximum atomic E-state index is 13.1. The quantitative estimate of drug-likeness (QED) is 0.362. The van der Waals surface area contributed by atoms with Crippen molar-refractivity contribution >= 4 is 50.6 Å². The van der Waals surface area contributed by atoms with Crippen LogP contribution in [0.15, 0.2) is 84.4 Å². The minimum atomic E-state index is -0.424. The van der Waals surface area contributed by atoms with Crippen molar-refractivity contribution in [2.24, 2.45) is 0 Å². The number of rotatable bonds is 5. The molecule has 0 aliphatic rings. The van der Waals surface area contributed by atoms with E-state index in [1.54, 1.807) is 29.5 Å². The van der Waals surface area contributed by atoms with E-state index in [0.29, 0.717) is 9.92 Å². The SMILES string of the molecule is N.O=c1[nH]n(C(c2ccc(Br)cc2)c2ccsc2)c([O-])c1Sc1ccccc1Cl. The third-order valence-corrected chi connectivity index (χ3v) is 7.00. The second-order valence-corrected chi connectivity index (χ2v) is 9.14. The highest BCUT2D eigenvalue weighted by molar-refractivity contribution is 9.10. The molecule has 4 N–H and O–H groups in total. The Kier molecular flexibility index (Phi) is 6.92. The van der Waals surface area contributed by atoms with Gasteiger partial charge < -0.3 is 11.3 Å². The largest absolute Gasteiger partial charge is 0.858 e. The Morgan fingerprint density at radius 3 is 2.48 bits per heavy atom. The first-order valence-corrected chi connectivity index (χ1v) is 11.2. The molecule has 4 rings (SSSR count). The zero-order valence-electron chi connectivity index (χ0n) is 15.0. The number of aromatic amines is 1. The maximum Gasteiger partial charge on any atom is 0.277 e. The molecule has 9 heteroatoms. The van der Waals surface area contributed by atoms with Crippen molar-refractivity contribution in [2.45, 2.75) is 15.8 Å². The van der Waals surface area contributed by atoms with Crippen molar-refractivity contribution in [3.8, 4) is 5.88 Å². The van der Waals surface area contributed by atoms with Gasteiger partial charge in [-0.15, -0.1) is 0 Å². The van der Waals surface area contributed by atoms with E-state index in [0.717, 1.165) is 27.4 Å². The van der Waals surface area contributed by atoms with Gasteiger partial charge in [-0.25, -0.2) is 0 Å². The lowest BCUT2D eigenvalue weighted by Crippen LogP contribution is -2.17. The molecule has 150 valence electrons. The number of benzene rings is 2.